The van der Waals surface area contributed by atoms with E-state index < -0.39 is 67.3 Å². The monoisotopic (exact) mass is 1000 g/mol. The van der Waals surface area contributed by atoms with Gasteiger partial charge in [0.15, 0.2) is 24.6 Å². The first-order valence-electron chi connectivity index (χ1n) is 28.6. The van der Waals surface area contributed by atoms with Crippen LogP contribution in [-0.2, 0) is 42.9 Å². The molecule has 410 valence electrons. The lowest BCUT2D eigenvalue weighted by molar-refractivity contribution is -0.301. The van der Waals surface area contributed by atoms with Crippen molar-refractivity contribution in [2.45, 2.75) is 289 Å². The molecule has 12 nitrogen and oxygen atoms in total. The molecule has 0 bridgehead atoms. The van der Waals surface area contributed by atoms with Crippen LogP contribution in [0.15, 0.2) is 48.6 Å². The highest BCUT2D eigenvalue weighted by Gasteiger charge is 2.50. The second-order valence-electron chi connectivity index (χ2n) is 19.6. The Labute approximate surface area is 431 Å². The maximum absolute atomic E-state index is 13.0. The number of aliphatic hydroxyl groups excluding tert-OH is 2. The van der Waals surface area contributed by atoms with Crippen LogP contribution in [0.25, 0.3) is 0 Å². The first kappa shape index (κ1) is 65.7. The lowest BCUT2D eigenvalue weighted by Crippen LogP contribution is -2.61. The number of allylic oxidation sites excluding steroid dienone is 8. The summed E-state index contributed by atoms with van der Waals surface area (Å²) in [5.74, 6) is -3.21. The molecule has 6 unspecified atom stereocenters. The van der Waals surface area contributed by atoms with E-state index in [0.29, 0.717) is 19.3 Å². The number of carboxylic acid groups (broad SMARTS) is 1. The highest BCUT2D eigenvalue weighted by Crippen LogP contribution is 2.26. The van der Waals surface area contributed by atoms with Crippen molar-refractivity contribution in [2.24, 2.45) is 0 Å². The van der Waals surface area contributed by atoms with E-state index in [1.165, 1.54) is 122 Å². The maximum Gasteiger partial charge on any atom is 0.335 e. The molecule has 0 amide bonds. The van der Waals surface area contributed by atoms with Crippen LogP contribution in [0, 0.1) is 0 Å². The van der Waals surface area contributed by atoms with Crippen molar-refractivity contribution < 1.29 is 58.2 Å². The van der Waals surface area contributed by atoms with Crippen LogP contribution < -0.4 is 0 Å². The Morgan fingerprint density at radius 3 is 1.32 bits per heavy atom. The fourth-order valence-electron chi connectivity index (χ4n) is 8.56. The number of unbranched alkanes of at least 4 members (excludes halogenated alkanes) is 26. The van der Waals surface area contributed by atoms with Gasteiger partial charge in [-0.15, -0.1) is 0 Å². The number of carbonyl (C=O) groups excluding carboxylic acids is 3. The first-order chi connectivity index (χ1) is 34.6. The zero-order chi connectivity index (χ0) is 51.8. The molecule has 0 aromatic carbocycles. The molecular formula is C59H102O12. The number of ether oxygens (including phenoxy) is 5. The van der Waals surface area contributed by atoms with E-state index in [0.717, 1.165) is 70.6 Å². The van der Waals surface area contributed by atoms with Gasteiger partial charge in [0.05, 0.1) is 6.61 Å². The summed E-state index contributed by atoms with van der Waals surface area (Å²) in [5.41, 5.74) is 0. The van der Waals surface area contributed by atoms with Gasteiger partial charge >= 0.3 is 23.9 Å². The highest BCUT2D eigenvalue weighted by molar-refractivity contribution is 5.74. The number of carbonyl (C=O) groups is 4. The maximum atomic E-state index is 13.0. The standard InChI is InChI=1S/C59H102O12/c1-4-7-10-13-16-19-21-23-24-25-26-27-28-30-32-35-38-41-44-47-53(62)70-57-55(64)54(63)56(58(65)66)71-59(57)68-49-50(69-52(61)46-43-40-37-33-18-15-12-9-6-3)48-67-51(60)45-42-39-36-34-31-29-22-20-17-14-11-8-5-2/h8,11,17,20,29,31,36,39,50,54-57,59,63-64H,4-7,9-10,12-16,18-19,21-28,30,32-35,37-38,40-49H2,1-3H3,(H,65,66)/b11-8-,20-17-,31-29-,39-36-. The number of esters is 3. The molecule has 1 aliphatic heterocycles. The molecule has 1 saturated heterocycles. The van der Waals surface area contributed by atoms with Crippen LogP contribution in [0.4, 0.5) is 0 Å². The minimum Gasteiger partial charge on any atom is -0.479 e. The van der Waals surface area contributed by atoms with Gasteiger partial charge in [0.25, 0.3) is 0 Å². The molecular weight excluding hydrogens is 901 g/mol. The second kappa shape index (κ2) is 47.7. The van der Waals surface area contributed by atoms with Crippen molar-refractivity contribution in [1.82, 2.24) is 0 Å². The SMILES string of the molecule is CC/C=C\C/C=C\C/C=C\C/C=C\CCC(=O)OCC(COC1OC(C(=O)O)C(O)C(O)C1OC(=O)CCCCCCCCCCCCCCCCCCCCC)OC(=O)CCCCCCCCCCC. The van der Waals surface area contributed by atoms with Crippen LogP contribution in [0.5, 0.6) is 0 Å². The molecule has 0 spiro atoms. The van der Waals surface area contributed by atoms with Crippen molar-refractivity contribution in [3.8, 4) is 0 Å². The summed E-state index contributed by atoms with van der Waals surface area (Å²) in [6, 6.07) is 0. The van der Waals surface area contributed by atoms with Crippen LogP contribution in [-0.4, -0.2) is 89.2 Å². The Kier molecular flexibility index (Phi) is 44.1. The van der Waals surface area contributed by atoms with Crippen LogP contribution in [0.2, 0.25) is 0 Å². The van der Waals surface area contributed by atoms with Gasteiger partial charge < -0.3 is 39.0 Å². The summed E-state index contributed by atoms with van der Waals surface area (Å²) in [7, 11) is 0. The summed E-state index contributed by atoms with van der Waals surface area (Å²) >= 11 is 0. The van der Waals surface area contributed by atoms with Crippen LogP contribution >= 0.6 is 0 Å². The molecule has 0 aliphatic carbocycles. The molecule has 12 heteroatoms. The summed E-state index contributed by atoms with van der Waals surface area (Å²) in [6.45, 7) is 5.79. The van der Waals surface area contributed by atoms with Crippen molar-refractivity contribution in [3.63, 3.8) is 0 Å². The largest absolute Gasteiger partial charge is 0.479 e. The van der Waals surface area contributed by atoms with Gasteiger partial charge in [-0.3, -0.25) is 14.4 Å². The molecule has 1 aliphatic rings. The predicted octanol–water partition coefficient (Wildman–Crippen LogP) is 14.2. The molecule has 1 heterocycles. The second-order valence-corrected chi connectivity index (χ2v) is 19.6. The topological polar surface area (TPSA) is 175 Å². The van der Waals surface area contributed by atoms with Crippen molar-refractivity contribution in [2.75, 3.05) is 13.2 Å². The third-order valence-corrected chi connectivity index (χ3v) is 12.9. The van der Waals surface area contributed by atoms with Gasteiger partial charge in [0, 0.05) is 19.3 Å². The van der Waals surface area contributed by atoms with Crippen LogP contribution in [0.1, 0.15) is 252 Å². The molecule has 0 radical (unpaired) electrons. The minimum atomic E-state index is -1.91. The fraction of sp³-hybridized carbons (Fsp3) is 0.797. The zero-order valence-electron chi connectivity index (χ0n) is 45.0. The Morgan fingerprint density at radius 2 is 0.887 bits per heavy atom. The number of rotatable bonds is 48. The van der Waals surface area contributed by atoms with Gasteiger partial charge in [0.2, 0.25) is 0 Å². The van der Waals surface area contributed by atoms with Gasteiger partial charge in [-0.05, 0) is 44.9 Å². The Hall–Kier alpha value is -3.32. The van der Waals surface area contributed by atoms with E-state index in [2.05, 4.69) is 57.2 Å². The summed E-state index contributed by atoms with van der Waals surface area (Å²) in [6.07, 6.45) is 44.1. The number of hydrogen-bond donors (Lipinski definition) is 3. The van der Waals surface area contributed by atoms with E-state index in [4.69, 9.17) is 23.7 Å². The molecule has 71 heavy (non-hydrogen) atoms. The average molecular weight is 1000 g/mol. The Morgan fingerprint density at radius 1 is 0.479 bits per heavy atom. The molecule has 0 aromatic heterocycles. The molecule has 3 N–H and O–H groups in total. The molecule has 0 aromatic rings. The highest BCUT2D eigenvalue weighted by atomic mass is 16.7. The minimum absolute atomic E-state index is 0.0587. The molecule has 1 fully saturated rings. The molecule has 0 saturated carbocycles. The van der Waals surface area contributed by atoms with E-state index in [-0.39, 0.29) is 25.9 Å². The molecule has 6 atom stereocenters. The number of aliphatic carboxylic acids is 1. The van der Waals surface area contributed by atoms with E-state index in [1.54, 1.807) is 0 Å². The Balaban J connectivity index is 2.65. The van der Waals surface area contributed by atoms with E-state index in [9.17, 15) is 34.5 Å². The molecule has 1 rings (SSSR count). The summed E-state index contributed by atoms with van der Waals surface area (Å²) in [5, 5.41) is 31.4. The van der Waals surface area contributed by atoms with Crippen molar-refractivity contribution in [3.05, 3.63) is 48.6 Å². The van der Waals surface area contributed by atoms with Gasteiger partial charge in [0.1, 0.15) is 18.8 Å². The number of carboxylic acids is 1. The third kappa shape index (κ3) is 38.0. The van der Waals surface area contributed by atoms with Crippen molar-refractivity contribution in [1.29, 1.82) is 0 Å². The lowest BCUT2D eigenvalue weighted by atomic mass is 9.98. The van der Waals surface area contributed by atoms with Gasteiger partial charge in [-0.2, -0.15) is 0 Å². The normalized spacial score (nSPS) is 18.8. The van der Waals surface area contributed by atoms with Crippen molar-refractivity contribution >= 4 is 23.9 Å². The first-order valence-corrected chi connectivity index (χ1v) is 28.6. The predicted molar refractivity (Wildman–Crippen MR) is 285 cm³/mol. The zero-order valence-corrected chi connectivity index (χ0v) is 45.0. The average Bonchev–Trinajstić information content (AvgIpc) is 3.35. The summed E-state index contributed by atoms with van der Waals surface area (Å²) in [4.78, 5) is 50.8. The quantitative estimate of drug-likeness (QED) is 0.0228. The number of hydrogen-bond acceptors (Lipinski definition) is 11. The van der Waals surface area contributed by atoms with Gasteiger partial charge in [-0.1, -0.05) is 236 Å². The Bertz CT molecular complexity index is 1420. The lowest BCUT2D eigenvalue weighted by Gasteiger charge is -2.40. The van der Waals surface area contributed by atoms with Gasteiger partial charge in [-0.25, -0.2) is 4.79 Å². The summed E-state index contributed by atoms with van der Waals surface area (Å²) < 4.78 is 28.2. The van der Waals surface area contributed by atoms with E-state index >= 15 is 0 Å². The fourth-order valence-corrected chi connectivity index (χ4v) is 8.56. The van der Waals surface area contributed by atoms with Crippen LogP contribution in [0.3, 0.4) is 0 Å². The van der Waals surface area contributed by atoms with E-state index in [1.807, 2.05) is 12.2 Å². The third-order valence-electron chi connectivity index (χ3n) is 12.9. The number of aliphatic hydroxyl groups is 2. The smallest absolute Gasteiger partial charge is 0.335 e.